The Morgan fingerprint density at radius 1 is 1.00 bits per heavy atom. The zero-order chi connectivity index (χ0) is 15.1. The third-order valence-corrected chi connectivity index (χ3v) is 5.65. The smallest absolute Gasteiger partial charge is 0.251 e. The minimum Gasteiger partial charge on any atom is -0.349 e. The van der Waals surface area contributed by atoms with Gasteiger partial charge in [-0.1, -0.05) is 24.1 Å². The molecule has 2 heterocycles. The molecule has 1 N–H and O–H groups in total. The van der Waals surface area contributed by atoms with Gasteiger partial charge < -0.3 is 5.32 Å². The van der Waals surface area contributed by atoms with Crippen molar-refractivity contribution < 1.29 is 4.79 Å². The number of rotatable bonds is 3. The van der Waals surface area contributed by atoms with E-state index in [1.54, 1.807) is 0 Å². The van der Waals surface area contributed by atoms with E-state index in [0.717, 1.165) is 24.4 Å². The number of aryl methyl sites for hydroxylation is 1. The Bertz CT molecular complexity index is 535. The fourth-order valence-electron chi connectivity index (χ4n) is 4.48. The minimum absolute atomic E-state index is 0.0999. The van der Waals surface area contributed by atoms with Crippen LogP contribution in [0.4, 0.5) is 0 Å². The topological polar surface area (TPSA) is 32.3 Å². The standard InChI is InChI=1S/C19H26N2O/c1-13-5-7-14(8-6-13)19(22)20-15-11-17-3-2-4-18(12-15)21(17)16-9-10-16/h5-8,15-18H,2-4,9-12H2,1H3,(H,20,22). The van der Waals surface area contributed by atoms with Crippen LogP contribution in [0.2, 0.25) is 0 Å². The molecular weight excluding hydrogens is 272 g/mol. The Hall–Kier alpha value is -1.35. The molecule has 1 aromatic rings. The zero-order valence-corrected chi connectivity index (χ0v) is 13.4. The van der Waals surface area contributed by atoms with Crippen molar-refractivity contribution in [3.8, 4) is 0 Å². The minimum atomic E-state index is 0.0999. The lowest BCUT2D eigenvalue weighted by molar-refractivity contribution is 0.0175. The van der Waals surface area contributed by atoms with E-state index in [1.807, 2.05) is 24.3 Å². The highest BCUT2D eigenvalue weighted by molar-refractivity contribution is 5.94. The summed E-state index contributed by atoms with van der Waals surface area (Å²) >= 11 is 0. The maximum Gasteiger partial charge on any atom is 0.251 e. The van der Waals surface area contributed by atoms with E-state index >= 15 is 0 Å². The largest absolute Gasteiger partial charge is 0.349 e. The summed E-state index contributed by atoms with van der Waals surface area (Å²) in [5, 5.41) is 3.30. The maximum atomic E-state index is 12.4. The maximum absolute atomic E-state index is 12.4. The van der Waals surface area contributed by atoms with Crippen LogP contribution < -0.4 is 5.32 Å². The van der Waals surface area contributed by atoms with Crippen LogP contribution in [-0.4, -0.2) is 35.0 Å². The van der Waals surface area contributed by atoms with Gasteiger partial charge in [0.1, 0.15) is 0 Å². The first-order valence-electron chi connectivity index (χ1n) is 8.85. The van der Waals surface area contributed by atoms with E-state index in [0.29, 0.717) is 18.1 Å². The molecule has 2 aliphatic heterocycles. The Morgan fingerprint density at radius 2 is 1.64 bits per heavy atom. The van der Waals surface area contributed by atoms with E-state index in [2.05, 4.69) is 17.1 Å². The average Bonchev–Trinajstić information content (AvgIpc) is 3.31. The van der Waals surface area contributed by atoms with Crippen molar-refractivity contribution in [3.05, 3.63) is 35.4 Å². The van der Waals surface area contributed by atoms with Gasteiger partial charge in [0, 0.05) is 29.7 Å². The van der Waals surface area contributed by atoms with Crippen LogP contribution >= 0.6 is 0 Å². The van der Waals surface area contributed by atoms with Crippen LogP contribution in [-0.2, 0) is 0 Å². The van der Waals surface area contributed by atoms with Crippen LogP contribution in [0.25, 0.3) is 0 Å². The summed E-state index contributed by atoms with van der Waals surface area (Å²) in [6, 6.07) is 10.5. The number of carbonyl (C=O) groups is 1. The molecular formula is C19H26N2O. The SMILES string of the molecule is Cc1ccc(C(=O)NC2CC3CCCC(C2)N3C2CC2)cc1. The monoisotopic (exact) mass is 298 g/mol. The molecule has 1 amide bonds. The number of nitrogens with one attached hydrogen (secondary N) is 1. The fraction of sp³-hybridized carbons (Fsp3) is 0.632. The van der Waals surface area contributed by atoms with E-state index in [4.69, 9.17) is 0 Å². The molecule has 0 radical (unpaired) electrons. The number of hydrogen-bond donors (Lipinski definition) is 1. The summed E-state index contributed by atoms with van der Waals surface area (Å²) < 4.78 is 0. The first kappa shape index (κ1) is 14.3. The van der Waals surface area contributed by atoms with Gasteiger partial charge in [-0.3, -0.25) is 9.69 Å². The third kappa shape index (κ3) is 2.79. The Labute approximate surface area is 133 Å². The quantitative estimate of drug-likeness (QED) is 0.929. The lowest BCUT2D eigenvalue weighted by Crippen LogP contribution is -2.57. The number of fused-ring (bicyclic) bond motifs is 2. The number of piperidine rings is 2. The molecule has 22 heavy (non-hydrogen) atoms. The van der Waals surface area contributed by atoms with E-state index < -0.39 is 0 Å². The van der Waals surface area contributed by atoms with Gasteiger partial charge in [0.15, 0.2) is 0 Å². The third-order valence-electron chi connectivity index (χ3n) is 5.65. The number of carbonyl (C=O) groups excluding carboxylic acids is 1. The molecule has 1 aromatic carbocycles. The molecule has 3 fully saturated rings. The van der Waals surface area contributed by atoms with Gasteiger partial charge in [0.2, 0.25) is 0 Å². The molecule has 1 saturated carbocycles. The molecule has 2 saturated heterocycles. The molecule has 1 aliphatic carbocycles. The van der Waals surface area contributed by atoms with Gasteiger partial charge in [-0.15, -0.1) is 0 Å². The summed E-state index contributed by atoms with van der Waals surface area (Å²) in [6.07, 6.45) is 9.10. The fourth-order valence-corrected chi connectivity index (χ4v) is 4.48. The molecule has 4 rings (SSSR count). The second-order valence-electron chi connectivity index (χ2n) is 7.42. The van der Waals surface area contributed by atoms with Gasteiger partial charge in [-0.2, -0.15) is 0 Å². The predicted molar refractivity (Wildman–Crippen MR) is 88.0 cm³/mol. The Balaban J connectivity index is 1.41. The number of nitrogens with zero attached hydrogens (tertiary/aromatic N) is 1. The summed E-state index contributed by atoms with van der Waals surface area (Å²) in [7, 11) is 0. The second kappa shape index (κ2) is 5.69. The van der Waals surface area contributed by atoms with Crippen molar-refractivity contribution in [3.63, 3.8) is 0 Å². The van der Waals surface area contributed by atoms with E-state index in [-0.39, 0.29) is 5.91 Å². The van der Waals surface area contributed by atoms with Gasteiger partial charge in [-0.05, 0) is 57.6 Å². The summed E-state index contributed by atoms with van der Waals surface area (Å²) in [5.74, 6) is 0.0999. The van der Waals surface area contributed by atoms with Crippen LogP contribution in [0, 0.1) is 6.92 Å². The number of benzene rings is 1. The summed E-state index contributed by atoms with van der Waals surface area (Å²) in [6.45, 7) is 2.05. The van der Waals surface area contributed by atoms with Crippen molar-refractivity contribution >= 4 is 5.91 Å². The van der Waals surface area contributed by atoms with Gasteiger partial charge in [0.05, 0.1) is 0 Å². The highest BCUT2D eigenvalue weighted by Gasteiger charge is 2.45. The van der Waals surface area contributed by atoms with Gasteiger partial charge in [-0.25, -0.2) is 0 Å². The van der Waals surface area contributed by atoms with Crippen LogP contribution in [0.15, 0.2) is 24.3 Å². The molecule has 3 heteroatoms. The first-order chi connectivity index (χ1) is 10.7. The summed E-state index contributed by atoms with van der Waals surface area (Å²) in [5.41, 5.74) is 1.99. The predicted octanol–water partition coefficient (Wildman–Crippen LogP) is 3.27. The van der Waals surface area contributed by atoms with E-state index in [9.17, 15) is 4.79 Å². The van der Waals surface area contributed by atoms with Crippen LogP contribution in [0.1, 0.15) is 60.9 Å². The Kier molecular flexibility index (Phi) is 3.69. The van der Waals surface area contributed by atoms with Gasteiger partial charge >= 0.3 is 0 Å². The van der Waals surface area contributed by atoms with Crippen molar-refractivity contribution in [2.45, 2.75) is 76.0 Å². The lowest BCUT2D eigenvalue weighted by atomic mass is 9.81. The number of hydrogen-bond acceptors (Lipinski definition) is 2. The highest BCUT2D eigenvalue weighted by atomic mass is 16.1. The molecule has 0 spiro atoms. The molecule has 118 valence electrons. The molecule has 3 nitrogen and oxygen atoms in total. The van der Waals surface area contributed by atoms with E-state index in [1.165, 1.54) is 37.7 Å². The van der Waals surface area contributed by atoms with Gasteiger partial charge in [0.25, 0.3) is 5.91 Å². The molecule has 2 unspecified atom stereocenters. The molecule has 0 aromatic heterocycles. The van der Waals surface area contributed by atoms with Crippen molar-refractivity contribution in [2.24, 2.45) is 0 Å². The van der Waals surface area contributed by atoms with Crippen LogP contribution in [0.3, 0.4) is 0 Å². The summed E-state index contributed by atoms with van der Waals surface area (Å²) in [4.78, 5) is 15.3. The van der Waals surface area contributed by atoms with Crippen LogP contribution in [0.5, 0.6) is 0 Å². The van der Waals surface area contributed by atoms with Crippen molar-refractivity contribution in [1.29, 1.82) is 0 Å². The number of amides is 1. The van der Waals surface area contributed by atoms with Crippen molar-refractivity contribution in [2.75, 3.05) is 0 Å². The normalized spacial score (nSPS) is 31.8. The molecule has 2 bridgehead atoms. The zero-order valence-electron chi connectivity index (χ0n) is 13.4. The average molecular weight is 298 g/mol. The van der Waals surface area contributed by atoms with Crippen molar-refractivity contribution in [1.82, 2.24) is 10.2 Å². The Morgan fingerprint density at radius 3 is 2.23 bits per heavy atom. The molecule has 3 aliphatic rings. The first-order valence-corrected chi connectivity index (χ1v) is 8.85. The lowest BCUT2D eigenvalue weighted by Gasteiger charge is -2.49. The highest BCUT2D eigenvalue weighted by Crippen LogP contribution is 2.41. The second-order valence-corrected chi connectivity index (χ2v) is 7.42. The molecule has 2 atom stereocenters.